The van der Waals surface area contributed by atoms with Crippen molar-refractivity contribution in [3.8, 4) is 11.3 Å². The van der Waals surface area contributed by atoms with Gasteiger partial charge in [0.05, 0.1) is 11.4 Å². The number of hydrogen-bond acceptors (Lipinski definition) is 6. The Balaban J connectivity index is 1.52. The molecule has 0 unspecified atom stereocenters. The lowest BCUT2D eigenvalue weighted by atomic mass is 10.1. The maximum absolute atomic E-state index is 13.3. The first kappa shape index (κ1) is 20.7. The maximum atomic E-state index is 13.3. The molecule has 0 atom stereocenters. The predicted molar refractivity (Wildman–Crippen MR) is 123 cm³/mol. The highest BCUT2D eigenvalue weighted by molar-refractivity contribution is 7.89. The van der Waals surface area contributed by atoms with Crippen molar-refractivity contribution in [1.82, 2.24) is 29.5 Å². The van der Waals surface area contributed by atoms with E-state index in [2.05, 4.69) is 37.4 Å². The standard InChI is InChI=1S/C22H25N7O2S/c1-27(12-13-29-24-16-23-26-29)32(30,31)18-8-9-22(28-10-4-5-11-28)19(15-18)21-14-17-6-2-3-7-20(17)25-21/h2-3,6-9,14-16,25H,4-5,10-13H2,1H3. The molecule has 1 fully saturated rings. The number of fused-ring (bicyclic) bond motifs is 1. The number of hydrogen-bond donors (Lipinski definition) is 1. The van der Waals surface area contributed by atoms with Crippen molar-refractivity contribution in [1.29, 1.82) is 0 Å². The summed E-state index contributed by atoms with van der Waals surface area (Å²) in [5, 5.41) is 12.5. The number of anilines is 1. The fraction of sp³-hybridized carbons (Fsp3) is 0.318. The van der Waals surface area contributed by atoms with Crippen molar-refractivity contribution in [3.05, 3.63) is 54.9 Å². The minimum Gasteiger partial charge on any atom is -0.371 e. The van der Waals surface area contributed by atoms with Crippen LogP contribution in [0.4, 0.5) is 5.69 Å². The van der Waals surface area contributed by atoms with E-state index in [-0.39, 0.29) is 11.4 Å². The van der Waals surface area contributed by atoms with Gasteiger partial charge >= 0.3 is 0 Å². The second kappa shape index (κ2) is 8.36. The summed E-state index contributed by atoms with van der Waals surface area (Å²) in [5.74, 6) is 0. The minimum absolute atomic E-state index is 0.244. The third kappa shape index (κ3) is 3.87. The number of benzene rings is 2. The van der Waals surface area contributed by atoms with E-state index < -0.39 is 10.0 Å². The topological polar surface area (TPSA) is 100 Å². The highest BCUT2D eigenvalue weighted by Gasteiger charge is 2.25. The molecule has 0 saturated carbocycles. The molecule has 4 aromatic rings. The van der Waals surface area contributed by atoms with Crippen molar-refractivity contribution in [2.24, 2.45) is 0 Å². The van der Waals surface area contributed by atoms with Crippen LogP contribution in [0.3, 0.4) is 0 Å². The van der Waals surface area contributed by atoms with E-state index in [1.807, 2.05) is 24.3 Å². The van der Waals surface area contributed by atoms with Crippen LogP contribution in [0.2, 0.25) is 0 Å². The number of H-pyrrole nitrogens is 1. The zero-order chi connectivity index (χ0) is 22.1. The first-order valence-corrected chi connectivity index (χ1v) is 12.1. The van der Waals surface area contributed by atoms with Crippen molar-refractivity contribution in [3.63, 3.8) is 0 Å². The van der Waals surface area contributed by atoms with Gasteiger partial charge in [-0.15, -0.1) is 10.2 Å². The summed E-state index contributed by atoms with van der Waals surface area (Å²) >= 11 is 0. The Labute approximate surface area is 186 Å². The van der Waals surface area contributed by atoms with Gasteiger partial charge in [-0.2, -0.15) is 9.10 Å². The average molecular weight is 452 g/mol. The van der Waals surface area contributed by atoms with E-state index in [1.165, 1.54) is 15.4 Å². The Morgan fingerprint density at radius 2 is 1.91 bits per heavy atom. The van der Waals surface area contributed by atoms with Gasteiger partial charge in [0, 0.05) is 54.5 Å². The zero-order valence-electron chi connectivity index (χ0n) is 17.8. The molecule has 1 N–H and O–H groups in total. The predicted octanol–water partition coefficient (Wildman–Crippen LogP) is 2.74. The molecule has 0 bridgehead atoms. The number of aromatic nitrogens is 5. The molecule has 5 rings (SSSR count). The van der Waals surface area contributed by atoms with Gasteiger partial charge in [0.1, 0.15) is 0 Å². The van der Waals surface area contributed by atoms with Gasteiger partial charge in [0.2, 0.25) is 10.0 Å². The van der Waals surface area contributed by atoms with Crippen molar-refractivity contribution in [2.75, 3.05) is 31.6 Å². The summed E-state index contributed by atoms with van der Waals surface area (Å²) in [6, 6.07) is 15.6. The highest BCUT2D eigenvalue weighted by atomic mass is 32.2. The van der Waals surface area contributed by atoms with Crippen LogP contribution in [0, 0.1) is 0 Å². The smallest absolute Gasteiger partial charge is 0.242 e. The Bertz CT molecular complexity index is 1290. The van der Waals surface area contributed by atoms with Crippen LogP contribution in [0.5, 0.6) is 0 Å². The summed E-state index contributed by atoms with van der Waals surface area (Å²) in [6.07, 6.45) is 3.62. The molecule has 0 aliphatic carbocycles. The molecule has 1 saturated heterocycles. The number of likely N-dealkylation sites (N-methyl/N-ethyl adjacent to an activating group) is 1. The third-order valence-electron chi connectivity index (χ3n) is 5.95. The van der Waals surface area contributed by atoms with Crippen molar-refractivity contribution in [2.45, 2.75) is 24.3 Å². The van der Waals surface area contributed by atoms with E-state index in [9.17, 15) is 8.42 Å². The summed E-state index contributed by atoms with van der Waals surface area (Å²) in [5.41, 5.74) is 3.90. The van der Waals surface area contributed by atoms with Gasteiger partial charge in [0.25, 0.3) is 0 Å². The lowest BCUT2D eigenvalue weighted by Gasteiger charge is -2.23. The maximum Gasteiger partial charge on any atom is 0.242 e. The Morgan fingerprint density at radius 3 is 2.66 bits per heavy atom. The number of nitrogens with zero attached hydrogens (tertiary/aromatic N) is 6. The Hall–Kier alpha value is -3.24. The molecule has 3 heterocycles. The van der Waals surface area contributed by atoms with Gasteiger partial charge < -0.3 is 9.88 Å². The van der Waals surface area contributed by atoms with Crippen LogP contribution in [-0.4, -0.2) is 64.6 Å². The molecule has 2 aromatic carbocycles. The number of sulfonamides is 1. The Kier molecular flexibility index (Phi) is 5.40. The Morgan fingerprint density at radius 1 is 1.09 bits per heavy atom. The van der Waals surface area contributed by atoms with Crippen LogP contribution < -0.4 is 4.90 Å². The number of tetrazole rings is 1. The fourth-order valence-electron chi connectivity index (χ4n) is 4.16. The largest absolute Gasteiger partial charge is 0.371 e. The zero-order valence-corrected chi connectivity index (χ0v) is 18.7. The summed E-state index contributed by atoms with van der Waals surface area (Å²) in [6.45, 7) is 2.53. The normalized spacial score (nSPS) is 14.6. The van der Waals surface area contributed by atoms with E-state index in [0.29, 0.717) is 6.54 Å². The lowest BCUT2D eigenvalue weighted by molar-refractivity contribution is 0.409. The molecular weight excluding hydrogens is 426 g/mol. The first-order valence-electron chi connectivity index (χ1n) is 10.7. The van der Waals surface area contributed by atoms with Crippen LogP contribution in [0.1, 0.15) is 12.8 Å². The van der Waals surface area contributed by atoms with Gasteiger partial charge in [-0.25, -0.2) is 8.42 Å². The average Bonchev–Trinajstić information content (AvgIpc) is 3.58. The van der Waals surface area contributed by atoms with Crippen LogP contribution >= 0.6 is 0 Å². The molecule has 1 aliphatic heterocycles. The monoisotopic (exact) mass is 451 g/mol. The molecule has 9 nitrogen and oxygen atoms in total. The minimum atomic E-state index is -3.68. The van der Waals surface area contributed by atoms with Gasteiger partial charge in [-0.05, 0) is 48.4 Å². The molecule has 32 heavy (non-hydrogen) atoms. The van der Waals surface area contributed by atoms with E-state index >= 15 is 0 Å². The van der Waals surface area contributed by atoms with E-state index in [4.69, 9.17) is 0 Å². The third-order valence-corrected chi connectivity index (χ3v) is 7.80. The van der Waals surface area contributed by atoms with Gasteiger partial charge in [0.15, 0.2) is 6.33 Å². The second-order valence-electron chi connectivity index (χ2n) is 8.00. The van der Waals surface area contributed by atoms with Crippen molar-refractivity contribution >= 4 is 26.6 Å². The fourth-order valence-corrected chi connectivity index (χ4v) is 5.35. The second-order valence-corrected chi connectivity index (χ2v) is 10.0. The number of nitrogens with one attached hydrogen (secondary N) is 1. The summed E-state index contributed by atoms with van der Waals surface area (Å²) in [7, 11) is -2.11. The van der Waals surface area contributed by atoms with Gasteiger partial charge in [-0.1, -0.05) is 18.2 Å². The quantitative estimate of drug-likeness (QED) is 0.464. The molecular formula is C22H25N7O2S. The van der Waals surface area contributed by atoms with Gasteiger partial charge in [-0.3, -0.25) is 0 Å². The lowest BCUT2D eigenvalue weighted by Crippen LogP contribution is -2.31. The molecule has 0 spiro atoms. The molecule has 166 valence electrons. The molecule has 0 radical (unpaired) electrons. The molecule has 2 aromatic heterocycles. The van der Waals surface area contributed by atoms with Crippen LogP contribution in [0.25, 0.3) is 22.2 Å². The number of aromatic amines is 1. The number of para-hydroxylation sites is 1. The summed E-state index contributed by atoms with van der Waals surface area (Å²) in [4.78, 5) is 7.44. The first-order chi connectivity index (χ1) is 15.5. The highest BCUT2D eigenvalue weighted by Crippen LogP contribution is 2.36. The van der Waals surface area contributed by atoms with Crippen LogP contribution in [0.15, 0.2) is 59.8 Å². The SMILES string of the molecule is CN(CCn1ncnn1)S(=O)(=O)c1ccc(N2CCCC2)c(-c2cc3ccccc3[nH]2)c1. The molecule has 1 aliphatic rings. The van der Waals surface area contributed by atoms with E-state index in [1.54, 1.807) is 19.2 Å². The van der Waals surface area contributed by atoms with Crippen LogP contribution in [-0.2, 0) is 16.6 Å². The summed E-state index contributed by atoms with van der Waals surface area (Å²) < 4.78 is 28.0. The van der Waals surface area contributed by atoms with Crippen molar-refractivity contribution < 1.29 is 8.42 Å². The number of rotatable bonds is 7. The molecule has 10 heteroatoms. The molecule has 0 amide bonds. The van der Waals surface area contributed by atoms with E-state index in [0.717, 1.165) is 53.8 Å².